The van der Waals surface area contributed by atoms with Gasteiger partial charge in [-0.15, -0.1) is 0 Å². The molecule has 1 amide bonds. The van der Waals surface area contributed by atoms with Gasteiger partial charge in [-0.3, -0.25) is 9.78 Å². The Bertz CT molecular complexity index is 1000. The largest absolute Gasteiger partial charge is 0.419 e. The van der Waals surface area contributed by atoms with Crippen LogP contribution in [0.3, 0.4) is 0 Å². The molecule has 0 spiro atoms. The van der Waals surface area contributed by atoms with E-state index in [0.717, 1.165) is 29.1 Å². The smallest absolute Gasteiger partial charge is 0.347 e. The van der Waals surface area contributed by atoms with Crippen molar-refractivity contribution in [2.24, 2.45) is 0 Å². The lowest BCUT2D eigenvalue weighted by atomic mass is 10.1. The third kappa shape index (κ3) is 3.76. The van der Waals surface area contributed by atoms with Crippen LogP contribution in [0.25, 0.3) is 22.2 Å². The van der Waals surface area contributed by atoms with Crippen molar-refractivity contribution in [1.82, 2.24) is 14.5 Å². The first-order chi connectivity index (χ1) is 12.6. The molecule has 0 radical (unpaired) electrons. The first kappa shape index (κ1) is 18.8. The number of fused-ring (bicyclic) bond motifs is 1. The van der Waals surface area contributed by atoms with E-state index < -0.39 is 29.3 Å². The minimum Gasteiger partial charge on any atom is -0.347 e. The highest BCUT2D eigenvalue weighted by Gasteiger charge is 2.35. The molecule has 0 atom stereocenters. The maximum absolute atomic E-state index is 13.5. The normalized spacial score (nSPS) is 11.8. The predicted octanol–water partition coefficient (Wildman–Crippen LogP) is 4.09. The summed E-state index contributed by atoms with van der Waals surface area (Å²) in [7, 11) is 2.97. The SMILES string of the molecule is CN(C)C(=O)Cn1cc(C(F)(F)F)c2ncc(-c3cc(F)cc(F)c3)cc21. The average molecular weight is 383 g/mol. The second-order valence-corrected chi connectivity index (χ2v) is 6.21. The third-order valence-corrected chi connectivity index (χ3v) is 4.02. The number of hydrogen-bond acceptors (Lipinski definition) is 2. The zero-order chi connectivity index (χ0) is 19.9. The molecule has 27 heavy (non-hydrogen) atoms. The molecule has 0 fully saturated rings. The van der Waals surface area contributed by atoms with Crippen molar-refractivity contribution in [3.8, 4) is 11.1 Å². The number of carbonyl (C=O) groups excluding carboxylic acids is 1. The van der Waals surface area contributed by atoms with E-state index in [9.17, 15) is 26.7 Å². The lowest BCUT2D eigenvalue weighted by Gasteiger charge is -2.12. The van der Waals surface area contributed by atoms with Crippen molar-refractivity contribution in [1.29, 1.82) is 0 Å². The van der Waals surface area contributed by atoms with Gasteiger partial charge in [-0.25, -0.2) is 8.78 Å². The van der Waals surface area contributed by atoms with Gasteiger partial charge in [0.2, 0.25) is 5.91 Å². The van der Waals surface area contributed by atoms with E-state index in [0.29, 0.717) is 6.07 Å². The summed E-state index contributed by atoms with van der Waals surface area (Å²) in [6.07, 6.45) is -2.73. The van der Waals surface area contributed by atoms with E-state index in [-0.39, 0.29) is 28.7 Å². The summed E-state index contributed by atoms with van der Waals surface area (Å²) >= 11 is 0. The van der Waals surface area contributed by atoms with Crippen LogP contribution in [0.15, 0.2) is 36.7 Å². The van der Waals surface area contributed by atoms with Gasteiger partial charge in [-0.2, -0.15) is 13.2 Å². The molecule has 0 aliphatic rings. The first-order valence-electron chi connectivity index (χ1n) is 7.79. The molecule has 0 saturated heterocycles. The highest BCUT2D eigenvalue weighted by atomic mass is 19.4. The number of halogens is 5. The second-order valence-electron chi connectivity index (χ2n) is 6.21. The Morgan fingerprint density at radius 1 is 1.07 bits per heavy atom. The van der Waals surface area contributed by atoms with Crippen LogP contribution in [0, 0.1) is 11.6 Å². The molecule has 3 aromatic rings. The molecule has 2 heterocycles. The summed E-state index contributed by atoms with van der Waals surface area (Å²) in [5, 5.41) is 0. The Hall–Kier alpha value is -2.97. The summed E-state index contributed by atoms with van der Waals surface area (Å²) in [5.74, 6) is -2.05. The minimum absolute atomic E-state index is 0.0414. The topological polar surface area (TPSA) is 38.1 Å². The van der Waals surface area contributed by atoms with Gasteiger partial charge in [0, 0.05) is 38.1 Å². The molecule has 3 rings (SSSR count). The van der Waals surface area contributed by atoms with Crippen LogP contribution in [-0.2, 0) is 17.5 Å². The van der Waals surface area contributed by atoms with E-state index in [1.54, 1.807) is 0 Å². The molecule has 0 saturated carbocycles. The van der Waals surface area contributed by atoms with Gasteiger partial charge in [0.05, 0.1) is 11.1 Å². The number of alkyl halides is 3. The van der Waals surface area contributed by atoms with Crippen molar-refractivity contribution < 1.29 is 26.7 Å². The van der Waals surface area contributed by atoms with Crippen molar-refractivity contribution in [2.45, 2.75) is 12.7 Å². The fourth-order valence-electron chi connectivity index (χ4n) is 2.67. The van der Waals surface area contributed by atoms with Gasteiger partial charge in [0.15, 0.2) is 0 Å². The average Bonchev–Trinajstić information content (AvgIpc) is 2.92. The van der Waals surface area contributed by atoms with Crippen molar-refractivity contribution >= 4 is 16.9 Å². The molecule has 142 valence electrons. The van der Waals surface area contributed by atoms with E-state index in [2.05, 4.69) is 4.98 Å². The van der Waals surface area contributed by atoms with Crippen LogP contribution in [0.1, 0.15) is 5.56 Å². The number of benzene rings is 1. The lowest BCUT2D eigenvalue weighted by Crippen LogP contribution is -2.26. The number of aromatic nitrogens is 2. The summed E-state index contributed by atoms with van der Waals surface area (Å²) < 4.78 is 68.0. The summed E-state index contributed by atoms with van der Waals surface area (Å²) in [6, 6.07) is 4.12. The van der Waals surface area contributed by atoms with Crippen LogP contribution in [0.5, 0.6) is 0 Å². The molecule has 4 nitrogen and oxygen atoms in total. The fraction of sp³-hybridized carbons (Fsp3) is 0.222. The zero-order valence-corrected chi connectivity index (χ0v) is 14.3. The number of carbonyl (C=O) groups is 1. The van der Waals surface area contributed by atoms with Gasteiger partial charge in [-0.05, 0) is 23.8 Å². The summed E-state index contributed by atoms with van der Waals surface area (Å²) in [4.78, 5) is 17.1. The number of amides is 1. The molecule has 0 unspecified atom stereocenters. The quantitative estimate of drug-likeness (QED) is 0.639. The Balaban J connectivity index is 2.19. The Labute approximate surface area is 150 Å². The monoisotopic (exact) mass is 383 g/mol. The van der Waals surface area contributed by atoms with Crippen LogP contribution in [0.2, 0.25) is 0 Å². The van der Waals surface area contributed by atoms with Gasteiger partial charge < -0.3 is 9.47 Å². The molecule has 0 aliphatic carbocycles. The predicted molar refractivity (Wildman–Crippen MR) is 88.8 cm³/mol. The third-order valence-electron chi connectivity index (χ3n) is 4.02. The molecule has 2 aromatic heterocycles. The summed E-state index contributed by atoms with van der Waals surface area (Å²) in [6.45, 7) is -0.331. The first-order valence-corrected chi connectivity index (χ1v) is 7.79. The van der Waals surface area contributed by atoms with E-state index in [1.807, 2.05) is 0 Å². The Kier molecular flexibility index (Phi) is 4.63. The van der Waals surface area contributed by atoms with E-state index in [1.165, 1.54) is 25.1 Å². The van der Waals surface area contributed by atoms with Crippen LogP contribution in [-0.4, -0.2) is 34.5 Å². The molecule has 0 N–H and O–H groups in total. The van der Waals surface area contributed by atoms with Gasteiger partial charge >= 0.3 is 6.18 Å². The number of pyridine rings is 1. The van der Waals surface area contributed by atoms with Gasteiger partial charge in [0.1, 0.15) is 23.7 Å². The number of hydrogen-bond donors (Lipinski definition) is 0. The van der Waals surface area contributed by atoms with Crippen molar-refractivity contribution in [3.63, 3.8) is 0 Å². The van der Waals surface area contributed by atoms with Crippen LogP contribution < -0.4 is 0 Å². The molecule has 0 aliphatic heterocycles. The number of rotatable bonds is 3. The summed E-state index contributed by atoms with van der Waals surface area (Å²) in [5.41, 5.74) is -0.927. The van der Waals surface area contributed by atoms with Crippen LogP contribution >= 0.6 is 0 Å². The highest BCUT2D eigenvalue weighted by Crippen LogP contribution is 2.36. The van der Waals surface area contributed by atoms with E-state index in [4.69, 9.17) is 0 Å². The van der Waals surface area contributed by atoms with Crippen molar-refractivity contribution in [2.75, 3.05) is 14.1 Å². The van der Waals surface area contributed by atoms with Crippen molar-refractivity contribution in [3.05, 3.63) is 53.9 Å². The second kappa shape index (κ2) is 6.64. The minimum atomic E-state index is -4.66. The van der Waals surface area contributed by atoms with E-state index >= 15 is 0 Å². The lowest BCUT2D eigenvalue weighted by molar-refractivity contribution is -0.137. The maximum Gasteiger partial charge on any atom is 0.419 e. The van der Waals surface area contributed by atoms with Crippen LogP contribution in [0.4, 0.5) is 22.0 Å². The highest BCUT2D eigenvalue weighted by molar-refractivity contribution is 5.86. The maximum atomic E-state index is 13.5. The number of nitrogens with zero attached hydrogens (tertiary/aromatic N) is 3. The molecule has 9 heteroatoms. The molecular formula is C18H14F5N3O. The Morgan fingerprint density at radius 3 is 2.26 bits per heavy atom. The fourth-order valence-corrected chi connectivity index (χ4v) is 2.67. The molecule has 1 aromatic carbocycles. The molecular weight excluding hydrogens is 369 g/mol. The Morgan fingerprint density at radius 2 is 1.70 bits per heavy atom. The van der Waals surface area contributed by atoms with Gasteiger partial charge in [-0.1, -0.05) is 0 Å². The molecule has 0 bridgehead atoms. The zero-order valence-electron chi connectivity index (χ0n) is 14.3. The van der Waals surface area contributed by atoms with Gasteiger partial charge in [0.25, 0.3) is 0 Å². The standard InChI is InChI=1S/C18H14F5N3O/c1-25(2)16(27)9-26-8-14(18(21,22)23)17-15(26)5-11(7-24-17)10-3-12(19)6-13(20)4-10/h3-8H,9H2,1-2H3. The number of likely N-dealkylation sites (N-methyl/N-ethyl adjacent to an activating group) is 1.